The molecule has 1 aromatic rings. The fraction of sp³-hybridized carbons (Fsp3) is 0.583. The molecule has 1 aromatic heterocycles. The van der Waals surface area contributed by atoms with Crippen molar-refractivity contribution in [2.75, 3.05) is 13.2 Å². The highest BCUT2D eigenvalue weighted by Gasteiger charge is 2.40. The van der Waals surface area contributed by atoms with E-state index in [1.54, 1.807) is 12.4 Å². The predicted octanol–water partition coefficient (Wildman–Crippen LogP) is 0.907. The molecule has 2 N–H and O–H groups in total. The Labute approximate surface area is 105 Å². The lowest BCUT2D eigenvalue weighted by Gasteiger charge is -2.30. The fourth-order valence-electron chi connectivity index (χ4n) is 2.03. The van der Waals surface area contributed by atoms with Crippen LogP contribution in [0.15, 0.2) is 12.4 Å². The number of hydrogen-bond donors (Lipinski definition) is 2. The fourth-order valence-corrected chi connectivity index (χ4v) is 2.03. The van der Waals surface area contributed by atoms with Crippen molar-refractivity contribution in [3.8, 4) is 6.07 Å². The van der Waals surface area contributed by atoms with Crippen LogP contribution in [0, 0.1) is 16.7 Å². The summed E-state index contributed by atoms with van der Waals surface area (Å²) in [5.74, 6) is -0.220. The molecule has 1 amide bonds. The number of amides is 1. The Morgan fingerprint density at radius 1 is 1.67 bits per heavy atom. The van der Waals surface area contributed by atoms with Gasteiger partial charge in [-0.05, 0) is 19.8 Å². The zero-order valence-electron chi connectivity index (χ0n) is 10.3. The van der Waals surface area contributed by atoms with Gasteiger partial charge < -0.3 is 10.1 Å². The predicted molar refractivity (Wildman–Crippen MR) is 63.2 cm³/mol. The van der Waals surface area contributed by atoms with Gasteiger partial charge >= 0.3 is 0 Å². The molecule has 1 fully saturated rings. The average Bonchev–Trinajstić information content (AvgIpc) is 2.93. The van der Waals surface area contributed by atoms with E-state index in [1.807, 2.05) is 6.92 Å². The Balaban J connectivity index is 2.04. The summed E-state index contributed by atoms with van der Waals surface area (Å²) in [7, 11) is 0. The van der Waals surface area contributed by atoms with E-state index in [0.29, 0.717) is 26.1 Å². The van der Waals surface area contributed by atoms with E-state index in [-0.39, 0.29) is 11.9 Å². The maximum absolute atomic E-state index is 12.2. The summed E-state index contributed by atoms with van der Waals surface area (Å²) in [4.78, 5) is 12.2. The van der Waals surface area contributed by atoms with Gasteiger partial charge in [-0.25, -0.2) is 0 Å². The zero-order valence-corrected chi connectivity index (χ0v) is 10.3. The Morgan fingerprint density at radius 2 is 2.39 bits per heavy atom. The Kier molecular flexibility index (Phi) is 3.63. The third kappa shape index (κ3) is 2.36. The van der Waals surface area contributed by atoms with Crippen LogP contribution in [0.4, 0.5) is 0 Å². The second-order valence-electron chi connectivity index (χ2n) is 4.53. The molecule has 2 rings (SSSR count). The third-order valence-corrected chi connectivity index (χ3v) is 3.36. The van der Waals surface area contributed by atoms with Crippen LogP contribution < -0.4 is 5.32 Å². The average molecular weight is 248 g/mol. The number of rotatable bonds is 3. The molecule has 0 bridgehead atoms. The molecule has 1 aliphatic heterocycles. The van der Waals surface area contributed by atoms with Gasteiger partial charge in [0, 0.05) is 25.0 Å². The number of ether oxygens (including phenoxy) is 1. The number of nitrogens with one attached hydrogen (secondary N) is 2. The van der Waals surface area contributed by atoms with Gasteiger partial charge in [0.05, 0.1) is 18.3 Å². The van der Waals surface area contributed by atoms with Crippen molar-refractivity contribution in [1.29, 1.82) is 5.26 Å². The summed E-state index contributed by atoms with van der Waals surface area (Å²) in [5, 5.41) is 18.7. The second-order valence-corrected chi connectivity index (χ2v) is 4.53. The summed E-state index contributed by atoms with van der Waals surface area (Å²) in [5.41, 5.74) is -0.0560. The lowest BCUT2D eigenvalue weighted by Crippen LogP contribution is -2.44. The van der Waals surface area contributed by atoms with Gasteiger partial charge in [-0.3, -0.25) is 9.89 Å². The number of carbonyl (C=O) groups is 1. The first-order valence-electron chi connectivity index (χ1n) is 5.96. The van der Waals surface area contributed by atoms with Gasteiger partial charge in [0.15, 0.2) is 0 Å². The first-order chi connectivity index (χ1) is 8.68. The lowest BCUT2D eigenvalue weighted by molar-refractivity contribution is -0.133. The van der Waals surface area contributed by atoms with E-state index in [4.69, 9.17) is 4.74 Å². The molecule has 18 heavy (non-hydrogen) atoms. The highest BCUT2D eigenvalue weighted by atomic mass is 16.5. The largest absolute Gasteiger partial charge is 0.381 e. The standard InChI is InChI=1S/C12H16N4O2/c1-9(10-6-14-15-7-10)16-11(17)12(8-13)2-4-18-5-3-12/h6-7,9H,2-5H2,1H3,(H,14,15)(H,16,17). The van der Waals surface area contributed by atoms with Gasteiger partial charge in [0.1, 0.15) is 5.41 Å². The molecule has 0 aromatic carbocycles. The highest BCUT2D eigenvalue weighted by Crippen LogP contribution is 2.30. The normalized spacial score (nSPS) is 19.8. The number of hydrogen-bond acceptors (Lipinski definition) is 4. The molecule has 6 heteroatoms. The summed E-state index contributed by atoms with van der Waals surface area (Å²) >= 11 is 0. The smallest absolute Gasteiger partial charge is 0.241 e. The highest BCUT2D eigenvalue weighted by molar-refractivity contribution is 5.85. The molecular weight excluding hydrogens is 232 g/mol. The number of nitrogens with zero attached hydrogens (tertiary/aromatic N) is 2. The van der Waals surface area contributed by atoms with Gasteiger partial charge in [0.2, 0.25) is 5.91 Å². The molecule has 0 saturated carbocycles. The van der Waals surface area contributed by atoms with Crippen molar-refractivity contribution in [2.45, 2.75) is 25.8 Å². The number of H-pyrrole nitrogens is 1. The van der Waals surface area contributed by atoms with Crippen LogP contribution in [0.1, 0.15) is 31.4 Å². The van der Waals surface area contributed by atoms with Crippen molar-refractivity contribution in [3.63, 3.8) is 0 Å². The summed E-state index contributed by atoms with van der Waals surface area (Å²) in [6.45, 7) is 2.79. The van der Waals surface area contributed by atoms with E-state index in [2.05, 4.69) is 21.6 Å². The van der Waals surface area contributed by atoms with Crippen molar-refractivity contribution < 1.29 is 9.53 Å². The summed E-state index contributed by atoms with van der Waals surface area (Å²) in [6.07, 6.45) is 4.29. The van der Waals surface area contributed by atoms with Crippen molar-refractivity contribution in [1.82, 2.24) is 15.5 Å². The second kappa shape index (κ2) is 5.19. The monoisotopic (exact) mass is 248 g/mol. The van der Waals surface area contributed by atoms with Crippen LogP contribution in [0.25, 0.3) is 0 Å². The summed E-state index contributed by atoms with van der Waals surface area (Å²) in [6, 6.07) is 1.99. The minimum absolute atomic E-state index is 0.163. The molecule has 0 spiro atoms. The quantitative estimate of drug-likeness (QED) is 0.831. The first-order valence-corrected chi connectivity index (χ1v) is 5.96. The number of aromatic amines is 1. The van der Waals surface area contributed by atoms with E-state index >= 15 is 0 Å². The van der Waals surface area contributed by atoms with Crippen LogP contribution in [0.3, 0.4) is 0 Å². The molecule has 96 valence electrons. The minimum Gasteiger partial charge on any atom is -0.381 e. The molecule has 1 atom stereocenters. The van der Waals surface area contributed by atoms with Gasteiger partial charge in [0.25, 0.3) is 0 Å². The maximum atomic E-state index is 12.2. The Bertz CT molecular complexity index is 443. The topological polar surface area (TPSA) is 90.8 Å². The van der Waals surface area contributed by atoms with Crippen molar-refractivity contribution in [2.24, 2.45) is 5.41 Å². The summed E-state index contributed by atoms with van der Waals surface area (Å²) < 4.78 is 5.21. The molecule has 1 saturated heterocycles. The van der Waals surface area contributed by atoms with Gasteiger partial charge in [-0.15, -0.1) is 0 Å². The van der Waals surface area contributed by atoms with E-state index in [1.165, 1.54) is 0 Å². The van der Waals surface area contributed by atoms with E-state index < -0.39 is 5.41 Å². The van der Waals surface area contributed by atoms with Crippen LogP contribution in [-0.4, -0.2) is 29.3 Å². The molecule has 1 unspecified atom stereocenters. The Morgan fingerprint density at radius 3 is 2.94 bits per heavy atom. The maximum Gasteiger partial charge on any atom is 0.241 e. The first kappa shape index (κ1) is 12.6. The van der Waals surface area contributed by atoms with Crippen LogP contribution >= 0.6 is 0 Å². The number of aromatic nitrogens is 2. The molecular formula is C12H16N4O2. The Hall–Kier alpha value is -1.87. The number of nitriles is 1. The van der Waals surface area contributed by atoms with E-state index in [9.17, 15) is 10.1 Å². The molecule has 2 heterocycles. The molecule has 0 radical (unpaired) electrons. The molecule has 1 aliphatic rings. The lowest BCUT2D eigenvalue weighted by atomic mass is 9.80. The van der Waals surface area contributed by atoms with Crippen LogP contribution in [-0.2, 0) is 9.53 Å². The third-order valence-electron chi connectivity index (χ3n) is 3.36. The van der Waals surface area contributed by atoms with Gasteiger partial charge in [-0.2, -0.15) is 10.4 Å². The molecule has 6 nitrogen and oxygen atoms in total. The van der Waals surface area contributed by atoms with Crippen LogP contribution in [0.5, 0.6) is 0 Å². The van der Waals surface area contributed by atoms with Gasteiger partial charge in [-0.1, -0.05) is 0 Å². The van der Waals surface area contributed by atoms with Crippen LogP contribution in [0.2, 0.25) is 0 Å². The van der Waals surface area contributed by atoms with Crippen molar-refractivity contribution in [3.05, 3.63) is 18.0 Å². The SMILES string of the molecule is CC(NC(=O)C1(C#N)CCOCC1)c1cn[nH]c1. The number of carbonyl (C=O) groups excluding carboxylic acids is 1. The zero-order chi connectivity index (χ0) is 13.0. The molecule has 0 aliphatic carbocycles. The van der Waals surface area contributed by atoms with E-state index in [0.717, 1.165) is 5.56 Å². The van der Waals surface area contributed by atoms with Crippen molar-refractivity contribution >= 4 is 5.91 Å². The minimum atomic E-state index is -0.948.